The standard InChI is InChI=1S/C28H19F2N7O/c29-21-4-2-1-3-18(21)19-7-8-32-26-24(19)34-27(35-26)25-20-10-15(11-22(30)23(20)36-37-25)16-9-17(13-31-12-16)33-28(38)14-5-6-14/h1-4,7-14H,5-6H2,(H,33,38)(H,36,37)(H,32,34,35). The summed E-state index contributed by atoms with van der Waals surface area (Å²) in [6.07, 6.45) is 6.53. The van der Waals surface area contributed by atoms with Gasteiger partial charge in [0.1, 0.15) is 17.0 Å². The number of anilines is 1. The van der Waals surface area contributed by atoms with E-state index in [2.05, 4.69) is 35.5 Å². The summed E-state index contributed by atoms with van der Waals surface area (Å²) in [7, 11) is 0. The Morgan fingerprint density at radius 2 is 1.84 bits per heavy atom. The number of carbonyl (C=O) groups is 1. The van der Waals surface area contributed by atoms with Crippen LogP contribution in [0.15, 0.2) is 67.1 Å². The molecule has 0 radical (unpaired) electrons. The fourth-order valence-electron chi connectivity index (χ4n) is 4.61. The maximum atomic E-state index is 15.2. The normalized spacial score (nSPS) is 13.3. The SMILES string of the molecule is O=C(Nc1cncc(-c2cc(F)c3n[nH]c(-c4nc5nccc(-c6ccccc6F)c5[nH]4)c3c2)c1)C1CC1. The van der Waals surface area contributed by atoms with Crippen LogP contribution in [-0.2, 0) is 4.79 Å². The van der Waals surface area contributed by atoms with Gasteiger partial charge in [-0.1, -0.05) is 18.2 Å². The molecule has 6 aromatic rings. The van der Waals surface area contributed by atoms with Crippen LogP contribution in [0.4, 0.5) is 14.5 Å². The molecule has 0 saturated heterocycles. The number of imidazole rings is 1. The van der Waals surface area contributed by atoms with Crippen LogP contribution in [0, 0.1) is 17.6 Å². The summed E-state index contributed by atoms with van der Waals surface area (Å²) in [6, 6.07) is 13.1. The lowest BCUT2D eigenvalue weighted by atomic mass is 10.0. The van der Waals surface area contributed by atoms with Gasteiger partial charge in [-0.15, -0.1) is 0 Å². The van der Waals surface area contributed by atoms with Crippen molar-refractivity contribution < 1.29 is 13.6 Å². The molecular formula is C28H19F2N7O. The van der Waals surface area contributed by atoms with Gasteiger partial charge in [-0.2, -0.15) is 5.10 Å². The van der Waals surface area contributed by atoms with Gasteiger partial charge in [-0.05, 0) is 48.7 Å². The number of fused-ring (bicyclic) bond motifs is 2. The summed E-state index contributed by atoms with van der Waals surface area (Å²) in [6.45, 7) is 0. The Morgan fingerprint density at radius 3 is 2.68 bits per heavy atom. The number of amides is 1. The van der Waals surface area contributed by atoms with Gasteiger partial charge in [0.15, 0.2) is 17.3 Å². The number of carbonyl (C=O) groups excluding carboxylic acids is 1. The highest BCUT2D eigenvalue weighted by Gasteiger charge is 2.29. The molecule has 0 spiro atoms. The van der Waals surface area contributed by atoms with E-state index in [0.717, 1.165) is 12.8 Å². The average molecular weight is 508 g/mol. The molecule has 4 heterocycles. The van der Waals surface area contributed by atoms with Crippen LogP contribution in [0.5, 0.6) is 0 Å². The van der Waals surface area contributed by atoms with Crippen molar-refractivity contribution in [3.63, 3.8) is 0 Å². The second-order valence-corrected chi connectivity index (χ2v) is 9.30. The van der Waals surface area contributed by atoms with E-state index in [1.54, 1.807) is 55.0 Å². The number of halogens is 2. The van der Waals surface area contributed by atoms with Crippen molar-refractivity contribution in [3.05, 3.63) is 78.8 Å². The predicted molar refractivity (Wildman–Crippen MR) is 139 cm³/mol. The van der Waals surface area contributed by atoms with Gasteiger partial charge in [0, 0.05) is 40.4 Å². The Hall–Kier alpha value is -4.99. The largest absolute Gasteiger partial charge is 0.335 e. The van der Waals surface area contributed by atoms with Crippen LogP contribution >= 0.6 is 0 Å². The van der Waals surface area contributed by atoms with Crippen LogP contribution in [0.1, 0.15) is 12.8 Å². The van der Waals surface area contributed by atoms with E-state index in [1.807, 2.05) is 0 Å². The highest BCUT2D eigenvalue weighted by molar-refractivity contribution is 5.98. The number of hydrogen-bond acceptors (Lipinski definition) is 5. The number of nitrogens with one attached hydrogen (secondary N) is 3. The van der Waals surface area contributed by atoms with Crippen molar-refractivity contribution in [2.45, 2.75) is 12.8 Å². The monoisotopic (exact) mass is 507 g/mol. The van der Waals surface area contributed by atoms with Crippen LogP contribution < -0.4 is 5.32 Å². The zero-order valence-corrected chi connectivity index (χ0v) is 19.8. The molecule has 8 nitrogen and oxygen atoms in total. The number of H-pyrrole nitrogens is 2. The van der Waals surface area contributed by atoms with Gasteiger partial charge in [-0.25, -0.2) is 18.7 Å². The second kappa shape index (κ2) is 8.55. The summed E-state index contributed by atoms with van der Waals surface area (Å²) in [5, 5.41) is 10.4. The topological polar surface area (TPSA) is 112 Å². The van der Waals surface area contributed by atoms with Crippen molar-refractivity contribution in [2.75, 3.05) is 5.32 Å². The predicted octanol–water partition coefficient (Wildman–Crippen LogP) is 5.86. The fourth-order valence-corrected chi connectivity index (χ4v) is 4.61. The molecule has 1 fully saturated rings. The smallest absolute Gasteiger partial charge is 0.227 e. The molecule has 0 unspecified atom stereocenters. The van der Waals surface area contributed by atoms with E-state index >= 15 is 4.39 Å². The molecule has 3 N–H and O–H groups in total. The van der Waals surface area contributed by atoms with Gasteiger partial charge in [-0.3, -0.25) is 14.9 Å². The Balaban J connectivity index is 1.32. The quantitative estimate of drug-likeness (QED) is 0.271. The molecule has 1 aliphatic rings. The Morgan fingerprint density at radius 1 is 0.974 bits per heavy atom. The highest BCUT2D eigenvalue weighted by Crippen LogP contribution is 2.35. The molecule has 4 aromatic heterocycles. The first kappa shape index (κ1) is 22.2. The van der Waals surface area contributed by atoms with E-state index in [0.29, 0.717) is 56.0 Å². The first-order valence-corrected chi connectivity index (χ1v) is 12.1. The van der Waals surface area contributed by atoms with E-state index in [4.69, 9.17) is 0 Å². The Labute approximate surface area is 214 Å². The zero-order valence-electron chi connectivity index (χ0n) is 19.8. The number of aromatic amines is 2. The number of pyridine rings is 2. The van der Waals surface area contributed by atoms with Gasteiger partial charge in [0.2, 0.25) is 5.91 Å². The highest BCUT2D eigenvalue weighted by atomic mass is 19.1. The number of benzene rings is 2. The first-order valence-electron chi connectivity index (χ1n) is 12.1. The molecule has 38 heavy (non-hydrogen) atoms. The molecule has 7 rings (SSSR count). The van der Waals surface area contributed by atoms with E-state index in [1.165, 1.54) is 12.1 Å². The summed E-state index contributed by atoms with van der Waals surface area (Å²) in [4.78, 5) is 28.5. The van der Waals surface area contributed by atoms with E-state index < -0.39 is 5.82 Å². The van der Waals surface area contributed by atoms with E-state index in [-0.39, 0.29) is 23.2 Å². The minimum atomic E-state index is -0.520. The van der Waals surface area contributed by atoms with Gasteiger partial charge >= 0.3 is 0 Å². The maximum Gasteiger partial charge on any atom is 0.227 e. The van der Waals surface area contributed by atoms with Crippen LogP contribution in [0.3, 0.4) is 0 Å². The Kier molecular flexibility index (Phi) is 5.00. The van der Waals surface area contributed by atoms with Crippen molar-refractivity contribution in [1.29, 1.82) is 0 Å². The van der Waals surface area contributed by atoms with Crippen LogP contribution in [-0.4, -0.2) is 36.0 Å². The molecule has 186 valence electrons. The third-order valence-corrected chi connectivity index (χ3v) is 6.69. The lowest BCUT2D eigenvalue weighted by Gasteiger charge is -2.07. The van der Waals surface area contributed by atoms with Crippen molar-refractivity contribution in [1.82, 2.24) is 30.1 Å². The number of rotatable bonds is 5. The third kappa shape index (κ3) is 3.78. The third-order valence-electron chi connectivity index (χ3n) is 6.69. The van der Waals surface area contributed by atoms with Crippen molar-refractivity contribution in [3.8, 4) is 33.8 Å². The van der Waals surface area contributed by atoms with Gasteiger partial charge in [0.25, 0.3) is 0 Å². The summed E-state index contributed by atoms with van der Waals surface area (Å²) < 4.78 is 29.7. The number of hydrogen-bond donors (Lipinski definition) is 3. The molecule has 2 aromatic carbocycles. The fraction of sp³-hybridized carbons (Fsp3) is 0.107. The zero-order chi connectivity index (χ0) is 25.8. The molecule has 0 atom stereocenters. The Bertz CT molecular complexity index is 1870. The van der Waals surface area contributed by atoms with Crippen molar-refractivity contribution >= 4 is 33.7 Å². The minimum absolute atomic E-state index is 0.0315. The summed E-state index contributed by atoms with van der Waals surface area (Å²) in [5.41, 5.74) is 4.34. The molecule has 1 aliphatic carbocycles. The number of aromatic nitrogens is 6. The summed E-state index contributed by atoms with van der Waals surface area (Å²) in [5.74, 6) is -0.472. The maximum absolute atomic E-state index is 15.2. The molecular weight excluding hydrogens is 488 g/mol. The lowest BCUT2D eigenvalue weighted by Crippen LogP contribution is -2.13. The summed E-state index contributed by atoms with van der Waals surface area (Å²) >= 11 is 0. The number of nitrogens with zero attached hydrogens (tertiary/aromatic N) is 4. The van der Waals surface area contributed by atoms with Gasteiger partial charge < -0.3 is 10.3 Å². The van der Waals surface area contributed by atoms with E-state index in [9.17, 15) is 9.18 Å². The first-order chi connectivity index (χ1) is 18.5. The molecule has 0 aliphatic heterocycles. The molecule has 0 bridgehead atoms. The van der Waals surface area contributed by atoms with Crippen LogP contribution in [0.25, 0.3) is 55.8 Å². The van der Waals surface area contributed by atoms with Crippen LogP contribution in [0.2, 0.25) is 0 Å². The second-order valence-electron chi connectivity index (χ2n) is 9.30. The molecule has 10 heteroatoms. The van der Waals surface area contributed by atoms with Crippen molar-refractivity contribution in [2.24, 2.45) is 5.92 Å². The van der Waals surface area contributed by atoms with Gasteiger partial charge in [0.05, 0.1) is 17.4 Å². The average Bonchev–Trinajstić information content (AvgIpc) is 3.55. The minimum Gasteiger partial charge on any atom is -0.335 e. The molecule has 1 saturated carbocycles. The lowest BCUT2D eigenvalue weighted by molar-refractivity contribution is -0.117. The molecule has 1 amide bonds.